The number of aliphatic hydroxyl groups excluding tert-OH is 1. The minimum absolute atomic E-state index is 0.268. The molecule has 1 heteroatoms. The lowest BCUT2D eigenvalue weighted by molar-refractivity contribution is 0.299. The van der Waals surface area contributed by atoms with E-state index in [1.807, 2.05) is 0 Å². The van der Waals surface area contributed by atoms with E-state index in [0.29, 0.717) is 0 Å². The maximum atomic E-state index is 9.10. The molecular formula is C15H22O. The standard InChI is InChI=1S/C15H22O/c16-12-11-14-9-5-6-10-15(14)13-7-3-1-2-4-8-13/h5-6,9-10,13,16H,1-4,7-8,11-12H2. The van der Waals surface area contributed by atoms with Gasteiger partial charge in [0, 0.05) is 6.61 Å². The highest BCUT2D eigenvalue weighted by atomic mass is 16.2. The zero-order valence-corrected chi connectivity index (χ0v) is 9.99. The molecule has 1 aromatic carbocycles. The molecule has 0 bridgehead atoms. The molecular weight excluding hydrogens is 196 g/mol. The van der Waals surface area contributed by atoms with Crippen molar-refractivity contribution in [3.63, 3.8) is 0 Å². The lowest BCUT2D eigenvalue weighted by Crippen LogP contribution is -2.03. The van der Waals surface area contributed by atoms with Gasteiger partial charge in [-0.2, -0.15) is 0 Å². The fourth-order valence-electron chi connectivity index (χ4n) is 2.87. The van der Waals surface area contributed by atoms with Crippen LogP contribution in [0.1, 0.15) is 55.6 Å². The molecule has 0 aliphatic heterocycles. The Hall–Kier alpha value is -0.820. The van der Waals surface area contributed by atoms with Crippen LogP contribution in [-0.4, -0.2) is 11.7 Å². The zero-order chi connectivity index (χ0) is 11.2. The molecule has 0 atom stereocenters. The largest absolute Gasteiger partial charge is 0.396 e. The van der Waals surface area contributed by atoms with Crippen molar-refractivity contribution in [1.29, 1.82) is 0 Å². The second-order valence-corrected chi connectivity index (χ2v) is 4.86. The van der Waals surface area contributed by atoms with Gasteiger partial charge in [0.05, 0.1) is 0 Å². The lowest BCUT2D eigenvalue weighted by atomic mass is 9.87. The fourth-order valence-corrected chi connectivity index (χ4v) is 2.87. The van der Waals surface area contributed by atoms with Crippen molar-refractivity contribution in [1.82, 2.24) is 0 Å². The molecule has 0 unspecified atom stereocenters. The first-order valence-electron chi connectivity index (χ1n) is 6.60. The van der Waals surface area contributed by atoms with Gasteiger partial charge in [-0.05, 0) is 36.3 Å². The van der Waals surface area contributed by atoms with Crippen molar-refractivity contribution in [2.24, 2.45) is 0 Å². The van der Waals surface area contributed by atoms with E-state index in [1.54, 1.807) is 0 Å². The lowest BCUT2D eigenvalue weighted by Gasteiger charge is -2.18. The first-order chi connectivity index (χ1) is 7.92. The molecule has 1 aliphatic rings. The molecule has 1 saturated carbocycles. The highest BCUT2D eigenvalue weighted by Gasteiger charge is 2.16. The van der Waals surface area contributed by atoms with Gasteiger partial charge >= 0.3 is 0 Å². The van der Waals surface area contributed by atoms with Crippen LogP contribution in [0.4, 0.5) is 0 Å². The molecule has 1 N–H and O–H groups in total. The summed E-state index contributed by atoms with van der Waals surface area (Å²) in [5, 5.41) is 9.10. The number of hydrogen-bond donors (Lipinski definition) is 1. The monoisotopic (exact) mass is 218 g/mol. The van der Waals surface area contributed by atoms with Crippen molar-refractivity contribution >= 4 is 0 Å². The van der Waals surface area contributed by atoms with E-state index < -0.39 is 0 Å². The molecule has 16 heavy (non-hydrogen) atoms. The van der Waals surface area contributed by atoms with Crippen LogP contribution >= 0.6 is 0 Å². The maximum absolute atomic E-state index is 9.10. The van der Waals surface area contributed by atoms with E-state index in [2.05, 4.69) is 24.3 Å². The Kier molecular flexibility index (Phi) is 4.41. The molecule has 0 radical (unpaired) electrons. The molecule has 2 rings (SSSR count). The van der Waals surface area contributed by atoms with Gasteiger partial charge < -0.3 is 5.11 Å². The highest BCUT2D eigenvalue weighted by molar-refractivity contribution is 5.30. The molecule has 0 saturated heterocycles. The number of hydrogen-bond acceptors (Lipinski definition) is 1. The van der Waals surface area contributed by atoms with Crippen LogP contribution in [0.5, 0.6) is 0 Å². The summed E-state index contributed by atoms with van der Waals surface area (Å²) in [7, 11) is 0. The minimum Gasteiger partial charge on any atom is -0.396 e. The van der Waals surface area contributed by atoms with Gasteiger partial charge in [-0.15, -0.1) is 0 Å². The molecule has 0 spiro atoms. The average molecular weight is 218 g/mol. The number of benzene rings is 1. The van der Waals surface area contributed by atoms with Gasteiger partial charge in [0.15, 0.2) is 0 Å². The topological polar surface area (TPSA) is 20.2 Å². The summed E-state index contributed by atoms with van der Waals surface area (Å²) in [4.78, 5) is 0. The van der Waals surface area contributed by atoms with E-state index in [0.717, 1.165) is 12.3 Å². The van der Waals surface area contributed by atoms with E-state index >= 15 is 0 Å². The third kappa shape index (κ3) is 2.85. The molecule has 1 aromatic rings. The van der Waals surface area contributed by atoms with Crippen molar-refractivity contribution in [2.45, 2.75) is 50.9 Å². The third-order valence-electron chi connectivity index (χ3n) is 3.73. The molecule has 0 aromatic heterocycles. The van der Waals surface area contributed by atoms with Gasteiger partial charge in [-0.3, -0.25) is 0 Å². The van der Waals surface area contributed by atoms with Crippen LogP contribution in [0.25, 0.3) is 0 Å². The van der Waals surface area contributed by atoms with Gasteiger partial charge in [-0.1, -0.05) is 49.9 Å². The van der Waals surface area contributed by atoms with Gasteiger partial charge in [0.2, 0.25) is 0 Å². The maximum Gasteiger partial charge on any atom is 0.0471 e. The normalized spacial score (nSPS) is 18.3. The first kappa shape index (κ1) is 11.7. The molecule has 88 valence electrons. The summed E-state index contributed by atoms with van der Waals surface area (Å²) in [5.41, 5.74) is 2.86. The first-order valence-corrected chi connectivity index (χ1v) is 6.60. The Balaban J connectivity index is 2.16. The molecule has 1 nitrogen and oxygen atoms in total. The van der Waals surface area contributed by atoms with E-state index in [1.165, 1.54) is 49.7 Å². The van der Waals surface area contributed by atoms with Crippen LogP contribution in [0.2, 0.25) is 0 Å². The minimum atomic E-state index is 0.268. The van der Waals surface area contributed by atoms with Gasteiger partial charge in [0.1, 0.15) is 0 Å². The Bertz CT molecular complexity index is 311. The van der Waals surface area contributed by atoms with Crippen LogP contribution in [0, 0.1) is 0 Å². The summed E-state index contributed by atoms with van der Waals surface area (Å²) in [6.45, 7) is 0.268. The molecule has 1 aliphatic carbocycles. The van der Waals surface area contributed by atoms with Crippen molar-refractivity contribution in [3.8, 4) is 0 Å². The van der Waals surface area contributed by atoms with Crippen molar-refractivity contribution < 1.29 is 5.11 Å². The van der Waals surface area contributed by atoms with Crippen LogP contribution in [0.15, 0.2) is 24.3 Å². The van der Waals surface area contributed by atoms with Crippen LogP contribution < -0.4 is 0 Å². The van der Waals surface area contributed by atoms with E-state index in [-0.39, 0.29) is 6.61 Å². The highest BCUT2D eigenvalue weighted by Crippen LogP contribution is 2.33. The predicted molar refractivity (Wildman–Crippen MR) is 67.7 cm³/mol. The fraction of sp³-hybridized carbons (Fsp3) is 0.600. The summed E-state index contributed by atoms with van der Waals surface area (Å²) >= 11 is 0. The van der Waals surface area contributed by atoms with Crippen LogP contribution in [0.3, 0.4) is 0 Å². The molecule has 0 amide bonds. The summed E-state index contributed by atoms with van der Waals surface area (Å²) in [5.74, 6) is 0.741. The SMILES string of the molecule is OCCc1ccccc1C1CCCCCC1. The zero-order valence-electron chi connectivity index (χ0n) is 9.99. The Morgan fingerprint density at radius 2 is 1.69 bits per heavy atom. The second-order valence-electron chi connectivity index (χ2n) is 4.86. The third-order valence-corrected chi connectivity index (χ3v) is 3.73. The number of aliphatic hydroxyl groups is 1. The Morgan fingerprint density at radius 3 is 2.38 bits per heavy atom. The second kappa shape index (κ2) is 6.05. The number of rotatable bonds is 3. The smallest absolute Gasteiger partial charge is 0.0471 e. The Morgan fingerprint density at radius 1 is 1.00 bits per heavy atom. The Labute approximate surface area is 98.5 Å². The van der Waals surface area contributed by atoms with Gasteiger partial charge in [-0.25, -0.2) is 0 Å². The quantitative estimate of drug-likeness (QED) is 0.768. The predicted octanol–water partition coefficient (Wildman–Crippen LogP) is 3.66. The van der Waals surface area contributed by atoms with Crippen molar-refractivity contribution in [3.05, 3.63) is 35.4 Å². The van der Waals surface area contributed by atoms with Crippen molar-refractivity contribution in [2.75, 3.05) is 6.61 Å². The van der Waals surface area contributed by atoms with Crippen LogP contribution in [-0.2, 0) is 6.42 Å². The van der Waals surface area contributed by atoms with E-state index in [9.17, 15) is 0 Å². The van der Waals surface area contributed by atoms with E-state index in [4.69, 9.17) is 5.11 Å². The summed E-state index contributed by atoms with van der Waals surface area (Å²) < 4.78 is 0. The van der Waals surface area contributed by atoms with Gasteiger partial charge in [0.25, 0.3) is 0 Å². The summed E-state index contributed by atoms with van der Waals surface area (Å²) in [6, 6.07) is 8.67. The molecule has 0 heterocycles. The average Bonchev–Trinajstić information content (AvgIpc) is 2.59. The summed E-state index contributed by atoms with van der Waals surface area (Å²) in [6.07, 6.45) is 9.03. The molecule has 1 fully saturated rings.